The molecule has 0 radical (unpaired) electrons. The van der Waals surface area contributed by atoms with Gasteiger partial charge in [-0.15, -0.1) is 0 Å². The molecule has 1 aromatic carbocycles. The lowest BCUT2D eigenvalue weighted by atomic mass is 9.79. The fourth-order valence-corrected chi connectivity index (χ4v) is 3.87. The minimum atomic E-state index is -2.92. The molecule has 7 heteroatoms. The molecule has 0 spiro atoms. The number of carbonyl (C=O) groups is 1. The molecule has 3 fully saturated rings. The number of aliphatic hydroxyl groups excluding tert-OH is 1. The quantitative estimate of drug-likeness (QED) is 0.888. The number of halogens is 2. The largest absolute Gasteiger partial charge is 0.444 e. The Balaban J connectivity index is 1.79. The second kappa shape index (κ2) is 7.12. The topological polar surface area (TPSA) is 53.0 Å². The molecule has 3 aliphatic rings. The first-order chi connectivity index (χ1) is 12.2. The van der Waals surface area contributed by atoms with Crippen LogP contribution in [0.1, 0.15) is 32.8 Å². The molecule has 2 bridgehead atoms. The third-order valence-corrected chi connectivity index (χ3v) is 5.01. The van der Waals surface area contributed by atoms with Gasteiger partial charge in [0.25, 0.3) is 6.43 Å². The fraction of sp³-hybridized carbons (Fsp3) is 0.632. The predicted molar refractivity (Wildman–Crippen MR) is 92.9 cm³/mol. The maximum atomic E-state index is 13.3. The van der Waals surface area contributed by atoms with Crippen molar-refractivity contribution in [3.8, 4) is 0 Å². The molecular formula is C19H26F2N2O3. The van der Waals surface area contributed by atoms with Gasteiger partial charge in [0.2, 0.25) is 0 Å². The second-order valence-electron chi connectivity index (χ2n) is 8.06. The number of nitrogens with zero attached hydrogens (tertiary/aromatic N) is 2. The van der Waals surface area contributed by atoms with E-state index in [9.17, 15) is 18.7 Å². The highest BCUT2D eigenvalue weighted by atomic mass is 19.3. The second-order valence-corrected chi connectivity index (χ2v) is 8.06. The lowest BCUT2D eigenvalue weighted by molar-refractivity contribution is -0.161. The molecule has 26 heavy (non-hydrogen) atoms. The van der Waals surface area contributed by atoms with Crippen LogP contribution in [0.3, 0.4) is 0 Å². The van der Waals surface area contributed by atoms with Gasteiger partial charge in [0, 0.05) is 25.2 Å². The summed E-state index contributed by atoms with van der Waals surface area (Å²) in [5.41, 5.74) is 0.362. The smallest absolute Gasteiger partial charge is 0.410 e. The Labute approximate surface area is 152 Å². The van der Waals surface area contributed by atoms with Crippen LogP contribution in [0.15, 0.2) is 30.3 Å². The van der Waals surface area contributed by atoms with Crippen molar-refractivity contribution < 1.29 is 23.4 Å². The molecule has 0 aliphatic carbocycles. The molecule has 1 aromatic rings. The average molecular weight is 368 g/mol. The summed E-state index contributed by atoms with van der Waals surface area (Å²) >= 11 is 0. The van der Waals surface area contributed by atoms with Crippen LogP contribution in [0.25, 0.3) is 0 Å². The van der Waals surface area contributed by atoms with Crippen LogP contribution in [0.2, 0.25) is 0 Å². The molecule has 1 amide bonds. The summed E-state index contributed by atoms with van der Waals surface area (Å²) < 4.78 is 31.9. The normalized spacial score (nSPS) is 27.2. The lowest BCUT2D eigenvalue weighted by Crippen LogP contribution is -2.76. The maximum Gasteiger partial charge on any atom is 0.410 e. The number of carbonyl (C=O) groups excluding carboxylic acids is 1. The van der Waals surface area contributed by atoms with E-state index >= 15 is 0 Å². The number of aliphatic hydroxyl groups is 1. The summed E-state index contributed by atoms with van der Waals surface area (Å²) in [5.74, 6) is 0. The Morgan fingerprint density at radius 2 is 1.96 bits per heavy atom. The minimum Gasteiger partial charge on any atom is -0.444 e. The zero-order chi connectivity index (χ0) is 19.1. The number of piperazine rings is 1. The highest BCUT2D eigenvalue weighted by Crippen LogP contribution is 2.40. The SMILES string of the molecule is CC(C)(C)OC(=O)N1CC2CC(C1C(O)C(F)F)N2Cc1ccccc1. The van der Waals surface area contributed by atoms with Crippen LogP contribution in [0, 0.1) is 0 Å². The molecule has 4 atom stereocenters. The molecule has 3 heterocycles. The minimum absolute atomic E-state index is 0.0915. The van der Waals surface area contributed by atoms with Gasteiger partial charge in [0.15, 0.2) is 0 Å². The van der Waals surface area contributed by atoms with Gasteiger partial charge in [-0.05, 0) is 32.8 Å². The van der Waals surface area contributed by atoms with Gasteiger partial charge >= 0.3 is 6.09 Å². The highest BCUT2D eigenvalue weighted by molar-refractivity contribution is 5.69. The standard InChI is InChI=1S/C19H26F2N2O3/c1-19(2,3)26-18(25)23-11-13-9-14(15(23)16(24)17(20)21)22(13)10-12-7-5-4-6-8-12/h4-8,13-17,24H,9-11H2,1-3H3. The maximum absolute atomic E-state index is 13.3. The van der Waals surface area contributed by atoms with E-state index in [0.29, 0.717) is 13.0 Å². The summed E-state index contributed by atoms with van der Waals surface area (Å²) in [5, 5.41) is 10.1. The Morgan fingerprint density at radius 3 is 2.54 bits per heavy atom. The Kier molecular flexibility index (Phi) is 5.21. The van der Waals surface area contributed by atoms with E-state index in [1.54, 1.807) is 20.8 Å². The molecule has 0 saturated carbocycles. The first kappa shape index (κ1) is 19.0. The van der Waals surface area contributed by atoms with Crippen molar-refractivity contribution in [2.45, 2.75) is 70.0 Å². The number of hydrogen-bond acceptors (Lipinski definition) is 4. The number of rotatable bonds is 4. The Bertz CT molecular complexity index is 635. The van der Waals surface area contributed by atoms with Crippen molar-refractivity contribution in [2.75, 3.05) is 6.54 Å². The number of alkyl halides is 2. The zero-order valence-electron chi connectivity index (χ0n) is 15.3. The summed E-state index contributed by atoms with van der Waals surface area (Å²) in [6.45, 7) is 6.10. The van der Waals surface area contributed by atoms with E-state index in [-0.39, 0.29) is 18.6 Å². The van der Waals surface area contributed by atoms with Crippen molar-refractivity contribution in [1.29, 1.82) is 0 Å². The van der Waals surface area contributed by atoms with E-state index in [2.05, 4.69) is 4.90 Å². The predicted octanol–water partition coefficient (Wildman–Crippen LogP) is 2.87. The number of hydrogen-bond donors (Lipinski definition) is 1. The molecule has 4 rings (SSSR count). The molecular weight excluding hydrogens is 342 g/mol. The molecule has 1 N–H and O–H groups in total. The molecule has 3 saturated heterocycles. The Hall–Kier alpha value is -1.73. The van der Waals surface area contributed by atoms with Crippen LogP contribution in [0.5, 0.6) is 0 Å². The van der Waals surface area contributed by atoms with Gasteiger partial charge in [-0.2, -0.15) is 0 Å². The van der Waals surface area contributed by atoms with Gasteiger partial charge in [-0.1, -0.05) is 30.3 Å². The summed E-state index contributed by atoms with van der Waals surface area (Å²) in [6.07, 6.45) is -4.76. The first-order valence-electron chi connectivity index (χ1n) is 8.93. The highest BCUT2D eigenvalue weighted by Gasteiger charge is 2.56. The van der Waals surface area contributed by atoms with E-state index < -0.39 is 30.3 Å². The molecule has 5 nitrogen and oxygen atoms in total. The van der Waals surface area contributed by atoms with E-state index in [0.717, 1.165) is 5.56 Å². The first-order valence-corrected chi connectivity index (χ1v) is 8.93. The molecule has 4 unspecified atom stereocenters. The van der Waals surface area contributed by atoms with Crippen molar-refractivity contribution in [1.82, 2.24) is 9.80 Å². The van der Waals surface area contributed by atoms with Gasteiger partial charge in [0.05, 0.1) is 6.04 Å². The van der Waals surface area contributed by atoms with Crippen LogP contribution in [-0.4, -0.2) is 63.8 Å². The van der Waals surface area contributed by atoms with Gasteiger partial charge < -0.3 is 9.84 Å². The van der Waals surface area contributed by atoms with E-state index in [4.69, 9.17) is 4.74 Å². The van der Waals surface area contributed by atoms with Crippen molar-refractivity contribution >= 4 is 6.09 Å². The Morgan fingerprint density at radius 1 is 1.31 bits per heavy atom. The van der Waals surface area contributed by atoms with Gasteiger partial charge in [0.1, 0.15) is 11.7 Å². The fourth-order valence-electron chi connectivity index (χ4n) is 3.87. The monoisotopic (exact) mass is 368 g/mol. The number of piperidine rings is 1. The third-order valence-electron chi connectivity index (χ3n) is 5.01. The van der Waals surface area contributed by atoms with Crippen molar-refractivity contribution in [2.24, 2.45) is 0 Å². The summed E-state index contributed by atoms with van der Waals surface area (Å²) in [6, 6.07) is 8.58. The van der Waals surface area contributed by atoms with Crippen molar-refractivity contribution in [3.63, 3.8) is 0 Å². The van der Waals surface area contributed by atoms with E-state index in [1.807, 2.05) is 30.3 Å². The lowest BCUT2D eigenvalue weighted by Gasteiger charge is -2.61. The molecule has 144 valence electrons. The summed E-state index contributed by atoms with van der Waals surface area (Å²) in [4.78, 5) is 15.9. The average Bonchev–Trinajstić information content (AvgIpc) is 2.57. The van der Waals surface area contributed by atoms with Gasteiger partial charge in [-0.25, -0.2) is 13.6 Å². The van der Waals surface area contributed by atoms with Crippen LogP contribution in [0.4, 0.5) is 13.6 Å². The number of ether oxygens (including phenoxy) is 1. The molecule has 3 aliphatic heterocycles. The number of amides is 1. The van der Waals surface area contributed by atoms with E-state index in [1.165, 1.54) is 4.90 Å². The van der Waals surface area contributed by atoms with Crippen LogP contribution < -0.4 is 0 Å². The van der Waals surface area contributed by atoms with Gasteiger partial charge in [-0.3, -0.25) is 9.80 Å². The van der Waals surface area contributed by atoms with Crippen LogP contribution in [-0.2, 0) is 11.3 Å². The summed E-state index contributed by atoms with van der Waals surface area (Å²) in [7, 11) is 0. The third kappa shape index (κ3) is 3.83. The zero-order valence-corrected chi connectivity index (χ0v) is 15.3. The van der Waals surface area contributed by atoms with Crippen molar-refractivity contribution in [3.05, 3.63) is 35.9 Å². The molecule has 0 aromatic heterocycles. The number of fused-ring (bicyclic) bond motifs is 2. The van der Waals surface area contributed by atoms with Crippen LogP contribution >= 0.6 is 0 Å². The number of benzene rings is 1.